The summed E-state index contributed by atoms with van der Waals surface area (Å²) in [5, 5.41) is 0.674. The largest absolute Gasteiger partial charge is 0.375 e. The molecule has 2 atom stereocenters. The molecule has 2 aliphatic rings. The highest BCUT2D eigenvalue weighted by atomic mass is 35.5. The number of likely N-dealkylation sites (tertiary alicyclic amines) is 2. The Hall–Kier alpha value is -1.63. The van der Waals surface area contributed by atoms with Gasteiger partial charge in [0.25, 0.3) is 0 Å². The lowest BCUT2D eigenvalue weighted by molar-refractivity contribution is -0.135. The second-order valence-electron chi connectivity index (χ2n) is 8.08. The zero-order valence-electron chi connectivity index (χ0n) is 16.3. The SMILES string of the molecule is COCC(=O)N1C[C@@H]2CN(C(=O)Cc3ccc(Cl)cc3)C[C@]2(CN(C)C)C1. The van der Waals surface area contributed by atoms with Gasteiger partial charge in [0, 0.05) is 56.2 Å². The average molecular weight is 394 g/mol. The van der Waals surface area contributed by atoms with E-state index < -0.39 is 0 Å². The van der Waals surface area contributed by atoms with Crippen molar-refractivity contribution in [3.05, 3.63) is 34.9 Å². The fourth-order valence-electron chi connectivity index (χ4n) is 4.52. The molecule has 6 nitrogen and oxygen atoms in total. The van der Waals surface area contributed by atoms with Crippen LogP contribution in [0.4, 0.5) is 0 Å². The Balaban J connectivity index is 1.69. The topological polar surface area (TPSA) is 53.1 Å². The number of methoxy groups -OCH3 is 1. The van der Waals surface area contributed by atoms with Gasteiger partial charge in [-0.05, 0) is 31.8 Å². The Morgan fingerprint density at radius 1 is 1.15 bits per heavy atom. The van der Waals surface area contributed by atoms with E-state index in [1.165, 1.54) is 0 Å². The number of ether oxygens (including phenoxy) is 1. The monoisotopic (exact) mass is 393 g/mol. The maximum Gasteiger partial charge on any atom is 0.248 e. The summed E-state index contributed by atoms with van der Waals surface area (Å²) in [6.07, 6.45) is 0.383. The number of hydrogen-bond donors (Lipinski definition) is 0. The van der Waals surface area contributed by atoms with Crippen LogP contribution in [0.1, 0.15) is 5.56 Å². The highest BCUT2D eigenvalue weighted by molar-refractivity contribution is 6.30. The van der Waals surface area contributed by atoms with Crippen molar-refractivity contribution >= 4 is 23.4 Å². The summed E-state index contributed by atoms with van der Waals surface area (Å²) in [7, 11) is 5.63. The molecule has 0 aromatic heterocycles. The number of halogens is 1. The maximum absolute atomic E-state index is 12.9. The van der Waals surface area contributed by atoms with Gasteiger partial charge >= 0.3 is 0 Å². The molecule has 0 aliphatic carbocycles. The van der Waals surface area contributed by atoms with E-state index in [4.69, 9.17) is 16.3 Å². The molecule has 1 aromatic rings. The van der Waals surface area contributed by atoms with Crippen LogP contribution in [0, 0.1) is 11.3 Å². The lowest BCUT2D eigenvalue weighted by Crippen LogP contribution is -2.44. The van der Waals surface area contributed by atoms with Crippen LogP contribution in [0.2, 0.25) is 5.02 Å². The zero-order chi connectivity index (χ0) is 19.6. The fourth-order valence-corrected chi connectivity index (χ4v) is 4.64. The van der Waals surface area contributed by atoms with E-state index in [1.807, 2.05) is 48.2 Å². The van der Waals surface area contributed by atoms with Gasteiger partial charge in [0.2, 0.25) is 11.8 Å². The minimum absolute atomic E-state index is 0.0315. The molecule has 2 amide bonds. The molecule has 1 aromatic carbocycles. The highest BCUT2D eigenvalue weighted by Crippen LogP contribution is 2.43. The van der Waals surface area contributed by atoms with Crippen LogP contribution < -0.4 is 0 Å². The Morgan fingerprint density at radius 2 is 1.74 bits per heavy atom. The van der Waals surface area contributed by atoms with Crippen molar-refractivity contribution in [2.24, 2.45) is 11.3 Å². The number of carbonyl (C=O) groups excluding carboxylic acids is 2. The molecule has 0 unspecified atom stereocenters. The number of nitrogens with zero attached hydrogens (tertiary/aromatic N) is 3. The van der Waals surface area contributed by atoms with Gasteiger partial charge < -0.3 is 19.4 Å². The third-order valence-electron chi connectivity index (χ3n) is 5.63. The van der Waals surface area contributed by atoms with Crippen LogP contribution in [-0.4, -0.2) is 87.0 Å². The van der Waals surface area contributed by atoms with Crippen LogP contribution in [0.3, 0.4) is 0 Å². The summed E-state index contributed by atoms with van der Waals surface area (Å²) in [4.78, 5) is 31.2. The Bertz CT molecular complexity index is 694. The van der Waals surface area contributed by atoms with E-state index in [9.17, 15) is 9.59 Å². The molecular weight excluding hydrogens is 366 g/mol. The molecule has 2 aliphatic heterocycles. The van der Waals surface area contributed by atoms with Crippen molar-refractivity contribution in [2.75, 3.05) is 60.5 Å². The van der Waals surface area contributed by atoms with Crippen molar-refractivity contribution in [3.63, 3.8) is 0 Å². The zero-order valence-corrected chi connectivity index (χ0v) is 17.0. The third-order valence-corrected chi connectivity index (χ3v) is 5.88. The van der Waals surface area contributed by atoms with E-state index in [-0.39, 0.29) is 23.8 Å². The quantitative estimate of drug-likeness (QED) is 0.732. The lowest BCUT2D eigenvalue weighted by atomic mass is 9.80. The molecule has 3 rings (SSSR count). The first kappa shape index (κ1) is 20.1. The number of carbonyl (C=O) groups is 2. The smallest absolute Gasteiger partial charge is 0.248 e. The van der Waals surface area contributed by atoms with E-state index in [1.54, 1.807) is 7.11 Å². The average Bonchev–Trinajstić information content (AvgIpc) is 3.10. The normalized spacial score (nSPS) is 24.6. The Kier molecular flexibility index (Phi) is 6.08. The highest BCUT2D eigenvalue weighted by Gasteiger charge is 2.54. The van der Waals surface area contributed by atoms with Gasteiger partial charge in [-0.15, -0.1) is 0 Å². The Labute approximate surface area is 166 Å². The van der Waals surface area contributed by atoms with Gasteiger partial charge in [0.15, 0.2) is 0 Å². The number of amides is 2. The number of fused-ring (bicyclic) bond motifs is 1. The van der Waals surface area contributed by atoms with Crippen LogP contribution in [-0.2, 0) is 20.7 Å². The molecule has 27 heavy (non-hydrogen) atoms. The molecule has 0 bridgehead atoms. The molecule has 0 N–H and O–H groups in total. The summed E-state index contributed by atoms with van der Waals surface area (Å²) in [6, 6.07) is 7.43. The molecule has 148 valence electrons. The predicted molar refractivity (Wildman–Crippen MR) is 105 cm³/mol. The molecule has 0 saturated carbocycles. The van der Waals surface area contributed by atoms with Gasteiger partial charge in [-0.1, -0.05) is 23.7 Å². The van der Waals surface area contributed by atoms with Crippen LogP contribution in [0.15, 0.2) is 24.3 Å². The number of hydrogen-bond acceptors (Lipinski definition) is 4. The number of benzene rings is 1. The summed E-state index contributed by atoms with van der Waals surface area (Å²) < 4.78 is 5.01. The van der Waals surface area contributed by atoms with E-state index in [0.717, 1.165) is 12.1 Å². The van der Waals surface area contributed by atoms with Gasteiger partial charge in [-0.2, -0.15) is 0 Å². The van der Waals surface area contributed by atoms with Crippen molar-refractivity contribution in [3.8, 4) is 0 Å². The second-order valence-corrected chi connectivity index (χ2v) is 8.52. The van der Waals surface area contributed by atoms with Gasteiger partial charge in [-0.25, -0.2) is 0 Å². The van der Waals surface area contributed by atoms with Gasteiger partial charge in [0.05, 0.1) is 6.42 Å². The standard InChI is InChI=1S/C20H28ClN3O3/c1-22(2)12-20-13-23(18(25)8-15-4-6-17(21)7-5-15)9-16(20)10-24(14-20)19(26)11-27-3/h4-7,16H,8-14H2,1-3H3/t16-,20+/m0/s1. The van der Waals surface area contributed by atoms with Crippen LogP contribution >= 0.6 is 11.6 Å². The molecule has 0 radical (unpaired) electrons. The summed E-state index contributed by atoms with van der Waals surface area (Å²) in [5.41, 5.74) is 0.905. The van der Waals surface area contributed by atoms with E-state index in [0.29, 0.717) is 43.5 Å². The summed E-state index contributed by atoms with van der Waals surface area (Å²) >= 11 is 5.93. The van der Waals surface area contributed by atoms with Crippen molar-refractivity contribution in [1.82, 2.24) is 14.7 Å². The lowest BCUT2D eigenvalue weighted by Gasteiger charge is -2.32. The van der Waals surface area contributed by atoms with E-state index >= 15 is 0 Å². The van der Waals surface area contributed by atoms with E-state index in [2.05, 4.69) is 4.90 Å². The molecule has 7 heteroatoms. The molecule has 2 fully saturated rings. The predicted octanol–water partition coefficient (Wildman–Crippen LogP) is 1.38. The first-order valence-electron chi connectivity index (χ1n) is 9.26. The third kappa shape index (κ3) is 4.45. The fraction of sp³-hybridized carbons (Fsp3) is 0.600. The molecule has 0 spiro atoms. The minimum Gasteiger partial charge on any atom is -0.375 e. The van der Waals surface area contributed by atoms with Crippen molar-refractivity contribution in [2.45, 2.75) is 6.42 Å². The maximum atomic E-state index is 12.9. The number of rotatable bonds is 6. The molecule has 2 heterocycles. The van der Waals surface area contributed by atoms with Crippen molar-refractivity contribution in [1.29, 1.82) is 0 Å². The first-order valence-corrected chi connectivity index (χ1v) is 9.64. The molecule has 2 saturated heterocycles. The minimum atomic E-state index is -0.0669. The van der Waals surface area contributed by atoms with Gasteiger partial charge in [-0.3, -0.25) is 9.59 Å². The Morgan fingerprint density at radius 3 is 2.30 bits per heavy atom. The summed E-state index contributed by atoms with van der Waals surface area (Å²) in [6.45, 7) is 3.75. The molecular formula is C20H28ClN3O3. The second kappa shape index (κ2) is 8.17. The van der Waals surface area contributed by atoms with Crippen LogP contribution in [0.5, 0.6) is 0 Å². The van der Waals surface area contributed by atoms with Crippen LogP contribution in [0.25, 0.3) is 0 Å². The first-order chi connectivity index (χ1) is 12.8. The van der Waals surface area contributed by atoms with Gasteiger partial charge in [0.1, 0.15) is 6.61 Å². The summed E-state index contributed by atoms with van der Waals surface area (Å²) in [5.74, 6) is 0.471. The van der Waals surface area contributed by atoms with Crippen molar-refractivity contribution < 1.29 is 14.3 Å².